The zero-order chi connectivity index (χ0) is 13.0. The van der Waals surface area contributed by atoms with Crippen LogP contribution in [0.4, 0.5) is 11.4 Å². The molecule has 2 aromatic rings. The van der Waals surface area contributed by atoms with Gasteiger partial charge in [0.25, 0.3) is 0 Å². The van der Waals surface area contributed by atoms with Crippen molar-refractivity contribution in [2.75, 3.05) is 10.3 Å². The molecule has 0 heterocycles. The molecule has 2 rings (SSSR count). The topological polar surface area (TPSA) is 41.3 Å². The number of rotatable bonds is 2. The van der Waals surface area contributed by atoms with Gasteiger partial charge in [-0.3, -0.25) is 5.01 Å². The third-order valence-corrected chi connectivity index (χ3v) is 2.86. The average Bonchev–Trinajstić information content (AvgIpc) is 2.39. The predicted octanol–water partition coefficient (Wildman–Crippen LogP) is 3.42. The second-order valence-corrected chi connectivity index (χ2v) is 4.47. The fraction of sp³-hybridized carbons (Fsp3) is 0. The van der Waals surface area contributed by atoms with Gasteiger partial charge in [-0.15, -0.1) is 0 Å². The first-order valence-electron chi connectivity index (χ1n) is 5.33. The zero-order valence-electron chi connectivity index (χ0n) is 9.51. The normalized spacial score (nSPS) is 9.89. The number of thiocarbonyl (C=S) groups is 1. The number of hydrazine groups is 1. The molecule has 0 aromatic heterocycles. The van der Waals surface area contributed by atoms with Gasteiger partial charge < -0.3 is 5.32 Å². The molecule has 0 saturated heterocycles. The molecular formula is C13H12ClN3S. The van der Waals surface area contributed by atoms with E-state index in [0.29, 0.717) is 10.1 Å². The molecule has 0 aliphatic heterocycles. The van der Waals surface area contributed by atoms with E-state index in [4.69, 9.17) is 29.7 Å². The SMILES string of the molecule is NN(C(=S)Nc1cccc(Cl)c1)c1ccccc1. The van der Waals surface area contributed by atoms with E-state index < -0.39 is 0 Å². The summed E-state index contributed by atoms with van der Waals surface area (Å²) < 4.78 is 0. The van der Waals surface area contributed by atoms with Crippen molar-refractivity contribution >= 4 is 40.3 Å². The summed E-state index contributed by atoms with van der Waals surface area (Å²) in [4.78, 5) is 0. The largest absolute Gasteiger partial charge is 0.331 e. The van der Waals surface area contributed by atoms with Crippen LogP contribution >= 0.6 is 23.8 Å². The monoisotopic (exact) mass is 277 g/mol. The molecule has 0 aliphatic rings. The number of halogens is 1. The van der Waals surface area contributed by atoms with Crippen molar-refractivity contribution in [1.29, 1.82) is 0 Å². The number of nitrogens with one attached hydrogen (secondary N) is 1. The van der Waals surface area contributed by atoms with Crippen molar-refractivity contribution in [1.82, 2.24) is 0 Å². The van der Waals surface area contributed by atoms with Gasteiger partial charge in [0.15, 0.2) is 5.11 Å². The van der Waals surface area contributed by atoms with Crippen LogP contribution in [0.3, 0.4) is 0 Å². The Morgan fingerprint density at radius 3 is 2.50 bits per heavy atom. The fourth-order valence-corrected chi connectivity index (χ4v) is 1.87. The van der Waals surface area contributed by atoms with Crippen molar-refractivity contribution in [3.8, 4) is 0 Å². The van der Waals surface area contributed by atoms with Crippen molar-refractivity contribution < 1.29 is 0 Å². The molecule has 0 aliphatic carbocycles. The zero-order valence-corrected chi connectivity index (χ0v) is 11.1. The van der Waals surface area contributed by atoms with Gasteiger partial charge in [-0.05, 0) is 42.5 Å². The summed E-state index contributed by atoms with van der Waals surface area (Å²) in [6.07, 6.45) is 0. The molecule has 3 N–H and O–H groups in total. The maximum absolute atomic E-state index is 5.92. The molecule has 2 aromatic carbocycles. The molecular weight excluding hydrogens is 266 g/mol. The van der Waals surface area contributed by atoms with Crippen LogP contribution in [0.25, 0.3) is 0 Å². The number of hydrogen-bond acceptors (Lipinski definition) is 2. The third-order valence-electron chi connectivity index (χ3n) is 2.33. The van der Waals surface area contributed by atoms with E-state index in [0.717, 1.165) is 11.4 Å². The molecule has 0 radical (unpaired) electrons. The lowest BCUT2D eigenvalue weighted by molar-refractivity contribution is 1.14. The minimum absolute atomic E-state index is 0.406. The van der Waals surface area contributed by atoms with E-state index in [1.54, 1.807) is 12.1 Å². The van der Waals surface area contributed by atoms with Crippen molar-refractivity contribution in [2.45, 2.75) is 0 Å². The van der Waals surface area contributed by atoms with Gasteiger partial charge in [0.2, 0.25) is 0 Å². The minimum atomic E-state index is 0.406. The van der Waals surface area contributed by atoms with Crippen LogP contribution < -0.4 is 16.2 Å². The number of hydrogen-bond donors (Lipinski definition) is 2. The number of nitrogens with two attached hydrogens (primary N) is 1. The second kappa shape index (κ2) is 5.82. The van der Waals surface area contributed by atoms with Crippen LogP contribution in [0.5, 0.6) is 0 Å². The lowest BCUT2D eigenvalue weighted by Gasteiger charge is -2.20. The molecule has 0 fully saturated rings. The first-order chi connectivity index (χ1) is 8.66. The quantitative estimate of drug-likeness (QED) is 0.501. The van der Waals surface area contributed by atoms with E-state index in [1.165, 1.54) is 5.01 Å². The van der Waals surface area contributed by atoms with Crippen LogP contribution in [-0.4, -0.2) is 5.11 Å². The van der Waals surface area contributed by atoms with E-state index in [1.807, 2.05) is 42.5 Å². The van der Waals surface area contributed by atoms with Crippen LogP contribution in [0.15, 0.2) is 54.6 Å². The Labute approximate surface area is 116 Å². The van der Waals surface area contributed by atoms with Crippen LogP contribution in [0, 0.1) is 0 Å². The van der Waals surface area contributed by atoms with Gasteiger partial charge in [-0.1, -0.05) is 35.9 Å². The summed E-state index contributed by atoms with van der Waals surface area (Å²) in [5.41, 5.74) is 1.62. The van der Waals surface area contributed by atoms with E-state index in [-0.39, 0.29) is 0 Å². The highest BCUT2D eigenvalue weighted by atomic mass is 35.5. The smallest absolute Gasteiger partial charge is 0.192 e. The number of benzene rings is 2. The standard InChI is InChI=1S/C13H12ClN3S/c14-10-5-4-6-11(9-10)16-13(18)17(15)12-7-2-1-3-8-12/h1-9H,15H2,(H,16,18). The van der Waals surface area contributed by atoms with Crippen LogP contribution in [0.2, 0.25) is 5.02 Å². The molecule has 0 saturated carbocycles. The van der Waals surface area contributed by atoms with E-state index in [2.05, 4.69) is 5.32 Å². The van der Waals surface area contributed by atoms with E-state index >= 15 is 0 Å². The number of nitrogens with zero attached hydrogens (tertiary/aromatic N) is 1. The number of para-hydroxylation sites is 1. The molecule has 5 heteroatoms. The van der Waals surface area contributed by atoms with Crippen molar-refractivity contribution in [3.63, 3.8) is 0 Å². The Balaban J connectivity index is 2.09. The van der Waals surface area contributed by atoms with Gasteiger partial charge in [0, 0.05) is 10.7 Å². The summed E-state index contributed by atoms with van der Waals surface area (Å²) in [5, 5.41) is 5.49. The average molecular weight is 278 g/mol. The first kappa shape index (κ1) is 12.8. The summed E-state index contributed by atoms with van der Waals surface area (Å²) >= 11 is 11.1. The molecule has 3 nitrogen and oxygen atoms in total. The lowest BCUT2D eigenvalue weighted by atomic mass is 10.3. The summed E-state index contributed by atoms with van der Waals surface area (Å²) in [7, 11) is 0. The van der Waals surface area contributed by atoms with Crippen molar-refractivity contribution in [3.05, 3.63) is 59.6 Å². The Bertz CT molecular complexity index is 545. The van der Waals surface area contributed by atoms with Crippen LogP contribution in [-0.2, 0) is 0 Å². The Kier molecular flexibility index (Phi) is 4.15. The Morgan fingerprint density at radius 1 is 1.11 bits per heavy atom. The van der Waals surface area contributed by atoms with Crippen molar-refractivity contribution in [2.24, 2.45) is 5.84 Å². The molecule has 0 atom stereocenters. The molecule has 0 spiro atoms. The highest BCUT2D eigenvalue weighted by Gasteiger charge is 2.07. The fourth-order valence-electron chi connectivity index (χ4n) is 1.46. The molecule has 18 heavy (non-hydrogen) atoms. The van der Waals surface area contributed by atoms with E-state index in [9.17, 15) is 0 Å². The molecule has 0 unspecified atom stereocenters. The summed E-state index contributed by atoms with van der Waals surface area (Å²) in [5.74, 6) is 5.92. The Morgan fingerprint density at radius 2 is 1.83 bits per heavy atom. The van der Waals surface area contributed by atoms with Gasteiger partial charge in [-0.2, -0.15) is 0 Å². The van der Waals surface area contributed by atoms with Crippen LogP contribution in [0.1, 0.15) is 0 Å². The maximum Gasteiger partial charge on any atom is 0.192 e. The molecule has 92 valence electrons. The minimum Gasteiger partial charge on any atom is -0.331 e. The third kappa shape index (κ3) is 3.20. The highest BCUT2D eigenvalue weighted by molar-refractivity contribution is 7.80. The van der Waals surface area contributed by atoms with Gasteiger partial charge >= 0.3 is 0 Å². The molecule has 0 bridgehead atoms. The Hall–Kier alpha value is -1.62. The number of anilines is 2. The highest BCUT2D eigenvalue weighted by Crippen LogP contribution is 2.16. The maximum atomic E-state index is 5.92. The summed E-state index contributed by atoms with van der Waals surface area (Å²) in [6, 6.07) is 16.8. The lowest BCUT2D eigenvalue weighted by Crippen LogP contribution is -2.40. The first-order valence-corrected chi connectivity index (χ1v) is 6.12. The summed E-state index contributed by atoms with van der Waals surface area (Å²) in [6.45, 7) is 0. The van der Waals surface area contributed by atoms with Gasteiger partial charge in [0.05, 0.1) is 5.69 Å². The van der Waals surface area contributed by atoms with Gasteiger partial charge in [-0.25, -0.2) is 5.84 Å². The molecule has 0 amide bonds. The van der Waals surface area contributed by atoms with Gasteiger partial charge in [0.1, 0.15) is 0 Å². The second-order valence-electron chi connectivity index (χ2n) is 3.65. The predicted molar refractivity (Wildman–Crippen MR) is 80.8 cm³/mol.